The first-order valence-corrected chi connectivity index (χ1v) is 6.77. The van der Waals surface area contributed by atoms with Crippen molar-refractivity contribution in [1.82, 2.24) is 10.2 Å². The van der Waals surface area contributed by atoms with Crippen LogP contribution >= 0.6 is 15.9 Å². The molecule has 1 aliphatic heterocycles. The van der Waals surface area contributed by atoms with Crippen LogP contribution in [-0.2, 0) is 0 Å². The molecule has 1 unspecified atom stereocenters. The molecule has 98 valence electrons. The normalized spacial score (nSPS) is 20.1. The number of carbonyl (C=O) groups is 1. The van der Waals surface area contributed by atoms with Crippen molar-refractivity contribution in [2.24, 2.45) is 5.92 Å². The Morgan fingerprint density at radius 1 is 1.61 bits per heavy atom. The number of hydrogen-bond acceptors (Lipinski definition) is 2. The summed E-state index contributed by atoms with van der Waals surface area (Å²) >= 11 is 3.24. The van der Waals surface area contributed by atoms with E-state index in [-0.39, 0.29) is 11.5 Å². The molecule has 1 N–H and O–H groups in total. The van der Waals surface area contributed by atoms with Crippen LogP contribution in [0.1, 0.15) is 16.8 Å². The van der Waals surface area contributed by atoms with E-state index in [1.54, 1.807) is 6.07 Å². The van der Waals surface area contributed by atoms with E-state index in [2.05, 4.69) is 33.2 Å². The number of halogens is 2. The fourth-order valence-electron chi connectivity index (χ4n) is 2.20. The summed E-state index contributed by atoms with van der Waals surface area (Å²) in [5.41, 5.74) is 0.0933. The van der Waals surface area contributed by atoms with Crippen LogP contribution in [0.3, 0.4) is 0 Å². The van der Waals surface area contributed by atoms with Crippen molar-refractivity contribution in [2.75, 3.05) is 26.7 Å². The van der Waals surface area contributed by atoms with Gasteiger partial charge < -0.3 is 10.2 Å². The van der Waals surface area contributed by atoms with Crippen molar-refractivity contribution in [3.05, 3.63) is 34.1 Å². The molecule has 1 aromatic carbocycles. The lowest BCUT2D eigenvalue weighted by Crippen LogP contribution is -2.31. The average molecular weight is 315 g/mol. The lowest BCUT2D eigenvalue weighted by atomic mass is 10.1. The quantitative estimate of drug-likeness (QED) is 0.928. The number of rotatable bonds is 3. The first-order chi connectivity index (χ1) is 8.56. The Labute approximate surface area is 114 Å². The first kappa shape index (κ1) is 13.5. The number of nitrogens with one attached hydrogen (secondary N) is 1. The zero-order valence-electron chi connectivity index (χ0n) is 10.2. The van der Waals surface area contributed by atoms with Gasteiger partial charge in [-0.25, -0.2) is 4.39 Å². The molecule has 2 rings (SSSR count). The molecule has 0 radical (unpaired) electrons. The minimum absolute atomic E-state index is 0.0933. The predicted octanol–water partition coefficient (Wildman–Crippen LogP) is 2.27. The molecule has 1 heterocycles. The van der Waals surface area contributed by atoms with Gasteiger partial charge in [0.1, 0.15) is 5.82 Å². The van der Waals surface area contributed by atoms with Gasteiger partial charge in [-0.3, -0.25) is 4.79 Å². The minimum atomic E-state index is -0.487. The third-order valence-electron chi connectivity index (χ3n) is 3.21. The van der Waals surface area contributed by atoms with Crippen molar-refractivity contribution in [3.63, 3.8) is 0 Å². The van der Waals surface area contributed by atoms with Crippen LogP contribution in [0.15, 0.2) is 22.7 Å². The van der Waals surface area contributed by atoms with Crippen molar-refractivity contribution in [2.45, 2.75) is 6.42 Å². The number of amides is 1. The molecule has 0 bridgehead atoms. The van der Waals surface area contributed by atoms with Gasteiger partial charge in [0.05, 0.1) is 5.56 Å². The van der Waals surface area contributed by atoms with Crippen LogP contribution in [0.5, 0.6) is 0 Å². The molecule has 1 aromatic rings. The number of likely N-dealkylation sites (tertiary alicyclic amines) is 1. The molecule has 1 fully saturated rings. The van der Waals surface area contributed by atoms with Gasteiger partial charge in [0.2, 0.25) is 0 Å². The standard InChI is InChI=1S/C13H16BrFN2O/c1-17-5-4-9(8-17)7-16-13(18)11-6-10(14)2-3-12(11)15/h2-3,6,9H,4-5,7-8H2,1H3,(H,16,18). The van der Waals surface area contributed by atoms with Crippen LogP contribution < -0.4 is 5.32 Å². The first-order valence-electron chi connectivity index (χ1n) is 5.98. The molecule has 3 nitrogen and oxygen atoms in total. The summed E-state index contributed by atoms with van der Waals surface area (Å²) in [6.45, 7) is 2.65. The second kappa shape index (κ2) is 5.80. The van der Waals surface area contributed by atoms with Crippen molar-refractivity contribution >= 4 is 21.8 Å². The Morgan fingerprint density at radius 2 is 2.39 bits per heavy atom. The van der Waals surface area contributed by atoms with Crippen LogP contribution in [0.25, 0.3) is 0 Å². The van der Waals surface area contributed by atoms with Crippen LogP contribution in [0.4, 0.5) is 4.39 Å². The maximum Gasteiger partial charge on any atom is 0.254 e. The van der Waals surface area contributed by atoms with Gasteiger partial charge in [-0.2, -0.15) is 0 Å². The third kappa shape index (κ3) is 3.29. The smallest absolute Gasteiger partial charge is 0.254 e. The lowest BCUT2D eigenvalue weighted by Gasteiger charge is -2.12. The number of benzene rings is 1. The Hall–Kier alpha value is -0.940. The zero-order valence-corrected chi connectivity index (χ0v) is 11.8. The molecule has 0 spiro atoms. The molecule has 18 heavy (non-hydrogen) atoms. The van der Waals surface area contributed by atoms with Crippen LogP contribution in [-0.4, -0.2) is 37.5 Å². The molecule has 1 aliphatic rings. The zero-order chi connectivity index (χ0) is 13.1. The van der Waals surface area contributed by atoms with E-state index in [4.69, 9.17) is 0 Å². The van der Waals surface area contributed by atoms with E-state index in [0.717, 1.165) is 19.5 Å². The van der Waals surface area contributed by atoms with E-state index >= 15 is 0 Å². The monoisotopic (exact) mass is 314 g/mol. The molecule has 0 aliphatic carbocycles. The number of nitrogens with zero attached hydrogens (tertiary/aromatic N) is 1. The number of hydrogen-bond donors (Lipinski definition) is 1. The van der Waals surface area contributed by atoms with Gasteiger partial charge in [-0.1, -0.05) is 15.9 Å². The molecule has 1 saturated heterocycles. The maximum atomic E-state index is 13.5. The van der Waals surface area contributed by atoms with E-state index in [9.17, 15) is 9.18 Å². The fourth-order valence-corrected chi connectivity index (χ4v) is 2.56. The topological polar surface area (TPSA) is 32.3 Å². The highest BCUT2D eigenvalue weighted by Gasteiger charge is 2.20. The van der Waals surface area contributed by atoms with Crippen LogP contribution in [0, 0.1) is 11.7 Å². The van der Waals surface area contributed by atoms with Gasteiger partial charge in [0.15, 0.2) is 0 Å². The summed E-state index contributed by atoms with van der Waals surface area (Å²) in [7, 11) is 2.07. The SMILES string of the molecule is CN1CCC(CNC(=O)c2cc(Br)ccc2F)C1. The highest BCUT2D eigenvalue weighted by Crippen LogP contribution is 2.16. The maximum absolute atomic E-state index is 13.5. The van der Waals surface area contributed by atoms with E-state index in [0.29, 0.717) is 16.9 Å². The molecule has 1 atom stereocenters. The third-order valence-corrected chi connectivity index (χ3v) is 3.71. The highest BCUT2D eigenvalue weighted by atomic mass is 79.9. The van der Waals surface area contributed by atoms with Crippen molar-refractivity contribution in [1.29, 1.82) is 0 Å². The molecule has 0 aromatic heterocycles. The van der Waals surface area contributed by atoms with Gasteiger partial charge in [0, 0.05) is 17.6 Å². The molecule has 1 amide bonds. The second-order valence-corrected chi connectivity index (χ2v) is 5.67. The Bertz CT molecular complexity index is 453. The molecular weight excluding hydrogens is 299 g/mol. The Kier molecular flexibility index (Phi) is 4.35. The summed E-state index contributed by atoms with van der Waals surface area (Å²) in [5.74, 6) is -0.364. The summed E-state index contributed by atoms with van der Waals surface area (Å²) < 4.78 is 14.2. The van der Waals surface area contributed by atoms with Crippen molar-refractivity contribution < 1.29 is 9.18 Å². The Balaban J connectivity index is 1.93. The van der Waals surface area contributed by atoms with E-state index in [1.165, 1.54) is 12.1 Å². The summed E-state index contributed by atoms with van der Waals surface area (Å²) in [6.07, 6.45) is 1.08. The molecule has 0 saturated carbocycles. The van der Waals surface area contributed by atoms with E-state index in [1.807, 2.05) is 0 Å². The molecule has 5 heteroatoms. The van der Waals surface area contributed by atoms with Gasteiger partial charge in [-0.05, 0) is 44.1 Å². The van der Waals surface area contributed by atoms with E-state index < -0.39 is 5.82 Å². The second-order valence-electron chi connectivity index (χ2n) is 4.75. The summed E-state index contributed by atoms with van der Waals surface area (Å²) in [4.78, 5) is 14.1. The fraction of sp³-hybridized carbons (Fsp3) is 0.462. The average Bonchev–Trinajstić information content (AvgIpc) is 2.75. The van der Waals surface area contributed by atoms with Gasteiger partial charge in [0.25, 0.3) is 5.91 Å². The lowest BCUT2D eigenvalue weighted by molar-refractivity contribution is 0.0943. The molecular formula is C13H16BrFN2O. The predicted molar refractivity (Wildman–Crippen MR) is 72.0 cm³/mol. The Morgan fingerprint density at radius 3 is 3.06 bits per heavy atom. The number of carbonyl (C=O) groups excluding carboxylic acids is 1. The minimum Gasteiger partial charge on any atom is -0.352 e. The summed E-state index contributed by atoms with van der Waals surface area (Å²) in [5, 5.41) is 2.80. The largest absolute Gasteiger partial charge is 0.352 e. The summed E-state index contributed by atoms with van der Waals surface area (Å²) in [6, 6.07) is 4.38. The van der Waals surface area contributed by atoms with Crippen LogP contribution in [0.2, 0.25) is 0 Å². The highest BCUT2D eigenvalue weighted by molar-refractivity contribution is 9.10. The van der Waals surface area contributed by atoms with Crippen molar-refractivity contribution in [3.8, 4) is 0 Å². The van der Waals surface area contributed by atoms with Gasteiger partial charge in [-0.15, -0.1) is 0 Å². The van der Waals surface area contributed by atoms with Gasteiger partial charge >= 0.3 is 0 Å².